The molecule has 4 nitrogen and oxygen atoms in total. The van der Waals surface area contributed by atoms with Crippen molar-refractivity contribution in [1.29, 1.82) is 0 Å². The Labute approximate surface area is 133 Å². The van der Waals surface area contributed by atoms with E-state index >= 15 is 0 Å². The summed E-state index contributed by atoms with van der Waals surface area (Å²) in [6.45, 7) is 3.89. The van der Waals surface area contributed by atoms with Crippen LogP contribution in [0, 0.1) is 0 Å². The number of rotatable bonds is 6. The number of hydrogen-bond donors (Lipinski definition) is 2. The molecule has 2 rings (SSSR count). The Balaban J connectivity index is 2.19. The van der Waals surface area contributed by atoms with Crippen LogP contribution in [0.2, 0.25) is 0 Å². The highest BCUT2D eigenvalue weighted by atomic mass is 32.1. The Morgan fingerprint density at radius 1 is 1.14 bits per heavy atom. The summed E-state index contributed by atoms with van der Waals surface area (Å²) in [5.41, 5.74) is 0.703. The van der Waals surface area contributed by atoms with Crippen LogP contribution in [-0.4, -0.2) is 18.4 Å². The van der Waals surface area contributed by atoms with E-state index in [1.165, 1.54) is 11.3 Å². The van der Waals surface area contributed by atoms with Gasteiger partial charge in [-0.15, -0.1) is 17.9 Å². The minimum atomic E-state index is -0.349. The topological polar surface area (TPSA) is 58.2 Å². The van der Waals surface area contributed by atoms with Gasteiger partial charge in [0, 0.05) is 17.0 Å². The van der Waals surface area contributed by atoms with Crippen LogP contribution in [0.3, 0.4) is 0 Å². The van der Waals surface area contributed by atoms with Crippen molar-refractivity contribution in [3.05, 3.63) is 76.6 Å². The Hall–Kier alpha value is -2.66. The van der Waals surface area contributed by atoms with Crippen LogP contribution in [0.5, 0.6) is 0 Å². The molecule has 0 aliphatic carbocycles. The van der Waals surface area contributed by atoms with Crippen molar-refractivity contribution in [2.75, 3.05) is 6.54 Å². The van der Waals surface area contributed by atoms with Gasteiger partial charge in [-0.2, -0.15) is 0 Å². The van der Waals surface area contributed by atoms with Gasteiger partial charge in [0.15, 0.2) is 0 Å². The summed E-state index contributed by atoms with van der Waals surface area (Å²) in [5, 5.41) is 7.24. The van der Waals surface area contributed by atoms with E-state index in [9.17, 15) is 9.59 Å². The highest BCUT2D eigenvalue weighted by Gasteiger charge is 2.14. The third-order valence-electron chi connectivity index (χ3n) is 2.77. The lowest BCUT2D eigenvalue weighted by molar-refractivity contribution is -0.117. The average molecular weight is 312 g/mol. The van der Waals surface area contributed by atoms with E-state index in [0.29, 0.717) is 12.1 Å². The highest BCUT2D eigenvalue weighted by molar-refractivity contribution is 7.10. The standard InChI is InChI=1S/C17H16N2O2S/c1-2-10-18-17(21)15(12-14-9-6-11-22-14)19-16(20)13-7-4-3-5-8-13/h2-9,11-12H,1,10H2,(H,18,21)(H,19,20)/b15-12-. The molecule has 0 aliphatic rings. The number of benzene rings is 1. The second kappa shape index (κ2) is 7.95. The molecule has 0 aliphatic heterocycles. The fraction of sp³-hybridized carbons (Fsp3) is 0.0588. The van der Waals surface area contributed by atoms with E-state index in [1.54, 1.807) is 36.4 Å². The predicted molar refractivity (Wildman–Crippen MR) is 89.4 cm³/mol. The zero-order valence-electron chi connectivity index (χ0n) is 11.9. The van der Waals surface area contributed by atoms with Gasteiger partial charge in [-0.25, -0.2) is 0 Å². The zero-order chi connectivity index (χ0) is 15.8. The number of carbonyl (C=O) groups excluding carboxylic acids is 2. The lowest BCUT2D eigenvalue weighted by atomic mass is 10.2. The molecule has 0 saturated carbocycles. The molecule has 0 atom stereocenters. The Morgan fingerprint density at radius 2 is 1.91 bits per heavy atom. The fourth-order valence-electron chi connectivity index (χ4n) is 1.72. The molecular weight excluding hydrogens is 296 g/mol. The number of amides is 2. The van der Waals surface area contributed by atoms with Crippen molar-refractivity contribution in [2.45, 2.75) is 0 Å². The second-order valence-corrected chi connectivity index (χ2v) is 5.37. The minimum absolute atomic E-state index is 0.207. The van der Waals surface area contributed by atoms with E-state index in [0.717, 1.165) is 4.88 Å². The first-order valence-electron chi connectivity index (χ1n) is 6.71. The van der Waals surface area contributed by atoms with E-state index in [2.05, 4.69) is 17.2 Å². The molecule has 22 heavy (non-hydrogen) atoms. The maximum absolute atomic E-state index is 12.2. The molecule has 0 fully saturated rings. The number of thiophene rings is 1. The first-order chi connectivity index (χ1) is 10.7. The molecule has 5 heteroatoms. The van der Waals surface area contributed by atoms with Gasteiger partial charge in [-0.1, -0.05) is 30.3 Å². The number of carbonyl (C=O) groups is 2. The highest BCUT2D eigenvalue weighted by Crippen LogP contribution is 2.13. The molecule has 112 valence electrons. The SMILES string of the molecule is C=CCNC(=O)/C(=C/c1cccs1)NC(=O)c1ccccc1. The molecule has 0 bridgehead atoms. The summed E-state index contributed by atoms with van der Waals surface area (Å²) in [4.78, 5) is 25.3. The molecule has 0 saturated heterocycles. The summed E-state index contributed by atoms with van der Waals surface area (Å²) >= 11 is 1.49. The van der Waals surface area contributed by atoms with Crippen LogP contribution in [-0.2, 0) is 4.79 Å². The first kappa shape index (κ1) is 15.7. The zero-order valence-corrected chi connectivity index (χ0v) is 12.7. The van der Waals surface area contributed by atoms with Gasteiger partial charge >= 0.3 is 0 Å². The molecule has 2 amide bonds. The lowest BCUT2D eigenvalue weighted by Crippen LogP contribution is -2.34. The predicted octanol–water partition coefficient (Wildman–Crippen LogP) is 2.82. The van der Waals surface area contributed by atoms with Crippen molar-refractivity contribution < 1.29 is 9.59 Å². The quantitative estimate of drug-likeness (QED) is 0.636. The molecular formula is C17H16N2O2S. The summed E-state index contributed by atoms with van der Waals surface area (Å²) in [7, 11) is 0. The Morgan fingerprint density at radius 3 is 2.55 bits per heavy atom. The Bertz CT molecular complexity index is 676. The minimum Gasteiger partial charge on any atom is -0.347 e. The van der Waals surface area contributed by atoms with Crippen LogP contribution >= 0.6 is 11.3 Å². The van der Waals surface area contributed by atoms with Crippen molar-refractivity contribution in [2.24, 2.45) is 0 Å². The maximum Gasteiger partial charge on any atom is 0.268 e. The molecule has 1 heterocycles. The van der Waals surface area contributed by atoms with Crippen LogP contribution < -0.4 is 10.6 Å². The fourth-order valence-corrected chi connectivity index (χ4v) is 2.38. The molecule has 2 aromatic rings. The summed E-state index contributed by atoms with van der Waals surface area (Å²) in [6.07, 6.45) is 3.24. The van der Waals surface area contributed by atoms with E-state index < -0.39 is 0 Å². The molecule has 1 aromatic carbocycles. The molecule has 0 radical (unpaired) electrons. The van der Waals surface area contributed by atoms with Gasteiger partial charge in [0.25, 0.3) is 11.8 Å². The van der Waals surface area contributed by atoms with E-state index in [1.807, 2.05) is 23.6 Å². The van der Waals surface area contributed by atoms with Crippen molar-refractivity contribution >= 4 is 29.2 Å². The van der Waals surface area contributed by atoms with E-state index in [-0.39, 0.29) is 17.5 Å². The summed E-state index contributed by atoms with van der Waals surface area (Å²) in [5.74, 6) is -0.672. The third kappa shape index (κ3) is 4.43. The van der Waals surface area contributed by atoms with Gasteiger partial charge in [0.2, 0.25) is 0 Å². The Kier molecular flexibility index (Phi) is 5.68. The third-order valence-corrected chi connectivity index (χ3v) is 3.58. The van der Waals surface area contributed by atoms with Crippen LogP contribution in [0.1, 0.15) is 15.2 Å². The summed E-state index contributed by atoms with van der Waals surface area (Å²) < 4.78 is 0. The number of nitrogens with one attached hydrogen (secondary N) is 2. The lowest BCUT2D eigenvalue weighted by Gasteiger charge is -2.09. The van der Waals surface area contributed by atoms with Gasteiger partial charge in [0.1, 0.15) is 5.70 Å². The molecule has 0 unspecified atom stereocenters. The largest absolute Gasteiger partial charge is 0.347 e. The van der Waals surface area contributed by atoms with Crippen molar-refractivity contribution in [1.82, 2.24) is 10.6 Å². The van der Waals surface area contributed by atoms with Gasteiger partial charge < -0.3 is 10.6 Å². The molecule has 0 spiro atoms. The number of hydrogen-bond acceptors (Lipinski definition) is 3. The van der Waals surface area contributed by atoms with Crippen LogP contribution in [0.4, 0.5) is 0 Å². The average Bonchev–Trinajstić information content (AvgIpc) is 3.05. The van der Waals surface area contributed by atoms with Crippen LogP contribution in [0.15, 0.2) is 66.2 Å². The first-order valence-corrected chi connectivity index (χ1v) is 7.59. The molecule has 1 aromatic heterocycles. The normalized spacial score (nSPS) is 10.8. The van der Waals surface area contributed by atoms with Gasteiger partial charge in [0.05, 0.1) is 0 Å². The molecule has 2 N–H and O–H groups in total. The maximum atomic E-state index is 12.2. The van der Waals surface area contributed by atoms with E-state index in [4.69, 9.17) is 0 Å². The van der Waals surface area contributed by atoms with Crippen molar-refractivity contribution in [3.8, 4) is 0 Å². The smallest absolute Gasteiger partial charge is 0.268 e. The van der Waals surface area contributed by atoms with Crippen molar-refractivity contribution in [3.63, 3.8) is 0 Å². The van der Waals surface area contributed by atoms with Crippen LogP contribution in [0.25, 0.3) is 6.08 Å². The second-order valence-electron chi connectivity index (χ2n) is 4.39. The van der Waals surface area contributed by atoms with Gasteiger partial charge in [-0.05, 0) is 29.7 Å². The monoisotopic (exact) mass is 312 g/mol. The van der Waals surface area contributed by atoms with Gasteiger partial charge in [-0.3, -0.25) is 9.59 Å². The summed E-state index contributed by atoms with van der Waals surface area (Å²) in [6, 6.07) is 12.5.